The first-order chi connectivity index (χ1) is 11.8. The van der Waals surface area contributed by atoms with Crippen LogP contribution in [0.5, 0.6) is 0 Å². The molecule has 1 aromatic heterocycles. The minimum atomic E-state index is 0. The molecule has 136 valence electrons. The summed E-state index contributed by atoms with van der Waals surface area (Å²) in [5.41, 5.74) is 1.82. The van der Waals surface area contributed by atoms with Crippen LogP contribution in [0.15, 0.2) is 24.3 Å². The average molecular weight is 364 g/mol. The monoisotopic (exact) mass is 363 g/mol. The molecule has 6 nitrogen and oxygen atoms in total. The number of carbonyl (C=O) groups is 1. The Morgan fingerprint density at radius 2 is 2.12 bits per heavy atom. The number of anilines is 1. The van der Waals surface area contributed by atoms with Crippen LogP contribution in [0.3, 0.4) is 0 Å². The fourth-order valence-electron chi connectivity index (χ4n) is 3.08. The SMILES string of the molecule is CNCCCC(=O)Nc1cccc(-c2nnc3n2CCCCC3)c1.Cl. The molecule has 3 rings (SSSR count). The lowest BCUT2D eigenvalue weighted by molar-refractivity contribution is -0.116. The lowest BCUT2D eigenvalue weighted by Gasteiger charge is -2.09. The maximum atomic E-state index is 12.0. The van der Waals surface area contributed by atoms with Gasteiger partial charge in [-0.15, -0.1) is 22.6 Å². The third-order valence-electron chi connectivity index (χ3n) is 4.34. The van der Waals surface area contributed by atoms with E-state index in [9.17, 15) is 4.79 Å². The number of hydrogen-bond donors (Lipinski definition) is 2. The maximum absolute atomic E-state index is 12.0. The van der Waals surface area contributed by atoms with Crippen LogP contribution in [0.25, 0.3) is 11.4 Å². The van der Waals surface area contributed by atoms with Crippen molar-refractivity contribution in [1.29, 1.82) is 0 Å². The van der Waals surface area contributed by atoms with Gasteiger partial charge in [-0.25, -0.2) is 0 Å². The molecular weight excluding hydrogens is 338 g/mol. The van der Waals surface area contributed by atoms with Crippen LogP contribution in [0.1, 0.15) is 37.9 Å². The van der Waals surface area contributed by atoms with Gasteiger partial charge >= 0.3 is 0 Å². The van der Waals surface area contributed by atoms with E-state index in [1.807, 2.05) is 31.3 Å². The van der Waals surface area contributed by atoms with Gasteiger partial charge in [0.15, 0.2) is 5.82 Å². The van der Waals surface area contributed by atoms with Crippen LogP contribution >= 0.6 is 12.4 Å². The second-order valence-electron chi connectivity index (χ2n) is 6.24. The van der Waals surface area contributed by atoms with E-state index in [2.05, 4.69) is 25.4 Å². The number of rotatable bonds is 6. The van der Waals surface area contributed by atoms with Crippen molar-refractivity contribution >= 4 is 24.0 Å². The summed E-state index contributed by atoms with van der Waals surface area (Å²) in [6, 6.07) is 7.88. The average Bonchev–Trinajstić information content (AvgIpc) is 2.84. The van der Waals surface area contributed by atoms with Gasteiger partial charge in [-0.05, 0) is 45.0 Å². The van der Waals surface area contributed by atoms with Crippen molar-refractivity contribution in [1.82, 2.24) is 20.1 Å². The van der Waals surface area contributed by atoms with Crippen LogP contribution < -0.4 is 10.6 Å². The minimum absolute atomic E-state index is 0. The first kappa shape index (κ1) is 19.4. The number of aryl methyl sites for hydroxylation is 1. The second kappa shape index (κ2) is 9.53. The van der Waals surface area contributed by atoms with Gasteiger partial charge in [-0.3, -0.25) is 4.79 Å². The third kappa shape index (κ3) is 5.03. The Hall–Kier alpha value is -1.92. The zero-order chi connectivity index (χ0) is 16.8. The topological polar surface area (TPSA) is 71.8 Å². The third-order valence-corrected chi connectivity index (χ3v) is 4.34. The Labute approximate surface area is 154 Å². The lowest BCUT2D eigenvalue weighted by atomic mass is 10.1. The van der Waals surface area contributed by atoms with Gasteiger partial charge in [0.05, 0.1) is 0 Å². The molecule has 1 amide bonds. The van der Waals surface area contributed by atoms with Crippen molar-refractivity contribution in [3.63, 3.8) is 0 Å². The smallest absolute Gasteiger partial charge is 0.224 e. The molecule has 0 radical (unpaired) electrons. The zero-order valence-corrected chi connectivity index (χ0v) is 15.4. The molecule has 1 aromatic carbocycles. The van der Waals surface area contributed by atoms with E-state index in [1.54, 1.807) is 0 Å². The minimum Gasteiger partial charge on any atom is -0.326 e. The van der Waals surface area contributed by atoms with Gasteiger partial charge in [0.25, 0.3) is 0 Å². The maximum Gasteiger partial charge on any atom is 0.224 e. The Balaban J connectivity index is 0.00000225. The van der Waals surface area contributed by atoms with Gasteiger partial charge in [0.2, 0.25) is 5.91 Å². The predicted molar refractivity (Wildman–Crippen MR) is 102 cm³/mol. The number of nitrogens with one attached hydrogen (secondary N) is 2. The van der Waals surface area contributed by atoms with Crippen molar-refractivity contribution in [3.8, 4) is 11.4 Å². The lowest BCUT2D eigenvalue weighted by Crippen LogP contribution is -2.15. The van der Waals surface area contributed by atoms with Crippen LogP contribution in [0.4, 0.5) is 5.69 Å². The number of halogens is 1. The molecule has 2 heterocycles. The number of hydrogen-bond acceptors (Lipinski definition) is 4. The molecule has 1 aliphatic heterocycles. The Kier molecular flexibility index (Phi) is 7.40. The molecule has 1 aliphatic rings. The standard InChI is InChI=1S/C18H25N5O.ClH/c1-19-11-6-10-17(24)20-15-8-5-7-14(13-15)18-22-21-16-9-3-2-4-12-23(16)18;/h5,7-8,13,19H,2-4,6,9-12H2,1H3,(H,20,24);1H. The Morgan fingerprint density at radius 1 is 1.24 bits per heavy atom. The van der Waals surface area contributed by atoms with Crippen LogP contribution in [0, 0.1) is 0 Å². The summed E-state index contributed by atoms with van der Waals surface area (Å²) in [5.74, 6) is 2.02. The molecule has 0 fully saturated rings. The summed E-state index contributed by atoms with van der Waals surface area (Å²) < 4.78 is 2.22. The highest BCUT2D eigenvalue weighted by molar-refractivity contribution is 5.91. The summed E-state index contributed by atoms with van der Waals surface area (Å²) in [6.07, 6.45) is 5.94. The van der Waals surface area contributed by atoms with Crippen molar-refractivity contribution < 1.29 is 4.79 Å². The molecule has 0 aliphatic carbocycles. The largest absolute Gasteiger partial charge is 0.326 e. The number of aromatic nitrogens is 3. The van der Waals surface area contributed by atoms with E-state index >= 15 is 0 Å². The summed E-state index contributed by atoms with van der Waals surface area (Å²) >= 11 is 0. The highest BCUT2D eigenvalue weighted by atomic mass is 35.5. The van der Waals surface area contributed by atoms with Crippen LogP contribution in [-0.4, -0.2) is 34.3 Å². The van der Waals surface area contributed by atoms with E-state index in [4.69, 9.17) is 0 Å². The first-order valence-corrected chi connectivity index (χ1v) is 8.75. The summed E-state index contributed by atoms with van der Waals surface area (Å²) in [6.45, 7) is 1.82. The van der Waals surface area contributed by atoms with Gasteiger partial charge < -0.3 is 15.2 Å². The molecule has 25 heavy (non-hydrogen) atoms. The zero-order valence-electron chi connectivity index (χ0n) is 14.6. The molecule has 0 bridgehead atoms. The quantitative estimate of drug-likeness (QED) is 0.774. The van der Waals surface area contributed by atoms with Crippen molar-refractivity contribution in [2.45, 2.75) is 45.1 Å². The molecule has 0 atom stereocenters. The first-order valence-electron chi connectivity index (χ1n) is 8.75. The van der Waals surface area contributed by atoms with Gasteiger partial charge in [0.1, 0.15) is 5.82 Å². The van der Waals surface area contributed by atoms with Gasteiger partial charge in [-0.1, -0.05) is 18.6 Å². The number of nitrogens with zero attached hydrogens (tertiary/aromatic N) is 3. The summed E-state index contributed by atoms with van der Waals surface area (Å²) in [7, 11) is 1.89. The van der Waals surface area contributed by atoms with Gasteiger partial charge in [-0.2, -0.15) is 0 Å². The summed E-state index contributed by atoms with van der Waals surface area (Å²) in [4.78, 5) is 12.0. The number of carbonyl (C=O) groups excluding carboxylic acids is 1. The van der Waals surface area contributed by atoms with Crippen LogP contribution in [-0.2, 0) is 17.8 Å². The normalized spacial score (nSPS) is 13.5. The molecular formula is C18H26ClN5O. The Bertz CT molecular complexity index is 701. The molecule has 2 aromatic rings. The molecule has 0 saturated carbocycles. The number of benzene rings is 1. The molecule has 2 N–H and O–H groups in total. The molecule has 7 heteroatoms. The number of amides is 1. The van der Waals surface area contributed by atoms with Crippen molar-refractivity contribution in [2.75, 3.05) is 18.9 Å². The molecule has 0 unspecified atom stereocenters. The highest BCUT2D eigenvalue weighted by Gasteiger charge is 2.16. The van der Waals surface area contributed by atoms with E-state index in [0.29, 0.717) is 6.42 Å². The van der Waals surface area contributed by atoms with Gasteiger partial charge in [0, 0.05) is 30.6 Å². The van der Waals surface area contributed by atoms with E-state index in [0.717, 1.165) is 48.8 Å². The fraction of sp³-hybridized carbons (Fsp3) is 0.500. The van der Waals surface area contributed by atoms with Crippen LogP contribution in [0.2, 0.25) is 0 Å². The van der Waals surface area contributed by atoms with Crippen molar-refractivity contribution in [2.24, 2.45) is 0 Å². The summed E-state index contributed by atoms with van der Waals surface area (Å²) in [5, 5.41) is 14.8. The van der Waals surface area contributed by atoms with E-state index < -0.39 is 0 Å². The second-order valence-corrected chi connectivity index (χ2v) is 6.24. The molecule has 0 saturated heterocycles. The fourth-order valence-corrected chi connectivity index (χ4v) is 3.08. The molecule has 0 spiro atoms. The van der Waals surface area contributed by atoms with Crippen molar-refractivity contribution in [3.05, 3.63) is 30.1 Å². The van der Waals surface area contributed by atoms with E-state index in [1.165, 1.54) is 19.3 Å². The highest BCUT2D eigenvalue weighted by Crippen LogP contribution is 2.24. The number of fused-ring (bicyclic) bond motifs is 1. The predicted octanol–water partition coefficient (Wildman–Crippen LogP) is 3.03. The Morgan fingerprint density at radius 3 is 2.96 bits per heavy atom. The van der Waals surface area contributed by atoms with E-state index in [-0.39, 0.29) is 18.3 Å².